The van der Waals surface area contributed by atoms with Gasteiger partial charge in [-0.2, -0.15) is 0 Å². The zero-order chi connectivity index (χ0) is 14.8. The highest BCUT2D eigenvalue weighted by atomic mass is 79.9. The first-order chi connectivity index (χ1) is 10.1. The average molecular weight is 340 g/mol. The van der Waals surface area contributed by atoms with Crippen molar-refractivity contribution in [3.63, 3.8) is 0 Å². The van der Waals surface area contributed by atoms with E-state index in [0.29, 0.717) is 5.56 Å². The zero-order valence-corrected chi connectivity index (χ0v) is 13.1. The van der Waals surface area contributed by atoms with Gasteiger partial charge in [-0.1, -0.05) is 42.5 Å². The van der Waals surface area contributed by atoms with E-state index in [1.807, 2.05) is 67.6 Å². The smallest absolute Gasteiger partial charge is 0.256 e. The lowest BCUT2D eigenvalue weighted by Crippen LogP contribution is -2.12. The Balaban J connectivity index is 1.97. The number of anilines is 1. The third-order valence-electron chi connectivity index (χ3n) is 3.41. The molecule has 0 saturated heterocycles. The van der Waals surface area contributed by atoms with Crippen LogP contribution in [0, 0.1) is 6.92 Å². The molecule has 0 aromatic heterocycles. The van der Waals surface area contributed by atoms with Crippen LogP contribution in [0.25, 0.3) is 10.8 Å². The third-order valence-corrected chi connectivity index (χ3v) is 4.06. The number of hydrogen-bond donors (Lipinski definition) is 1. The van der Waals surface area contributed by atoms with Crippen molar-refractivity contribution in [2.45, 2.75) is 6.92 Å². The quantitative estimate of drug-likeness (QED) is 0.686. The first kappa shape index (κ1) is 13.8. The number of carbonyl (C=O) groups excluding carboxylic acids is 1. The second kappa shape index (κ2) is 5.70. The van der Waals surface area contributed by atoms with E-state index in [9.17, 15) is 4.79 Å². The van der Waals surface area contributed by atoms with Crippen LogP contribution in [0.3, 0.4) is 0 Å². The predicted molar refractivity (Wildman–Crippen MR) is 90.8 cm³/mol. The highest BCUT2D eigenvalue weighted by Gasteiger charge is 2.11. The van der Waals surface area contributed by atoms with Crippen molar-refractivity contribution in [2.75, 3.05) is 5.32 Å². The lowest BCUT2D eigenvalue weighted by Gasteiger charge is -2.10. The number of nitrogens with one attached hydrogen (secondary N) is 1. The molecule has 3 heteroatoms. The summed E-state index contributed by atoms with van der Waals surface area (Å²) in [6.07, 6.45) is 0. The molecule has 0 unspecified atom stereocenters. The molecule has 0 aliphatic rings. The maximum Gasteiger partial charge on any atom is 0.256 e. The predicted octanol–water partition coefficient (Wildman–Crippen LogP) is 5.16. The number of rotatable bonds is 2. The van der Waals surface area contributed by atoms with Crippen LogP contribution in [0.1, 0.15) is 15.9 Å². The van der Waals surface area contributed by atoms with Crippen molar-refractivity contribution in [1.29, 1.82) is 0 Å². The van der Waals surface area contributed by atoms with Gasteiger partial charge in [-0.3, -0.25) is 4.79 Å². The second-order valence-electron chi connectivity index (χ2n) is 4.96. The molecule has 0 bridgehead atoms. The van der Waals surface area contributed by atoms with Gasteiger partial charge in [0.1, 0.15) is 0 Å². The van der Waals surface area contributed by atoms with Crippen molar-refractivity contribution in [3.05, 3.63) is 76.3 Å². The van der Waals surface area contributed by atoms with Crippen molar-refractivity contribution in [1.82, 2.24) is 0 Å². The molecule has 0 spiro atoms. The lowest BCUT2D eigenvalue weighted by molar-refractivity contribution is 0.102. The van der Waals surface area contributed by atoms with Crippen molar-refractivity contribution >= 4 is 38.3 Å². The molecule has 1 N–H and O–H groups in total. The van der Waals surface area contributed by atoms with Crippen LogP contribution >= 0.6 is 15.9 Å². The van der Waals surface area contributed by atoms with Gasteiger partial charge in [0, 0.05) is 15.5 Å². The van der Waals surface area contributed by atoms with E-state index in [4.69, 9.17) is 0 Å². The number of halogens is 1. The highest BCUT2D eigenvalue weighted by molar-refractivity contribution is 9.10. The molecule has 0 radical (unpaired) electrons. The Hall–Kier alpha value is -2.13. The molecule has 1 amide bonds. The van der Waals surface area contributed by atoms with Crippen LogP contribution in [0.15, 0.2) is 65.1 Å². The fraction of sp³-hybridized carbons (Fsp3) is 0.0556. The number of carbonyl (C=O) groups is 1. The number of benzene rings is 3. The van der Waals surface area contributed by atoms with Gasteiger partial charge in [0.2, 0.25) is 0 Å². The van der Waals surface area contributed by atoms with Crippen LogP contribution in [-0.2, 0) is 0 Å². The molecular formula is C18H14BrNO. The molecule has 0 fully saturated rings. The summed E-state index contributed by atoms with van der Waals surface area (Å²) in [6, 6.07) is 19.6. The summed E-state index contributed by atoms with van der Waals surface area (Å²) >= 11 is 3.45. The number of fused-ring (bicyclic) bond motifs is 1. The molecule has 0 saturated carbocycles. The lowest BCUT2D eigenvalue weighted by atomic mass is 10.1. The van der Waals surface area contributed by atoms with Gasteiger partial charge in [-0.15, -0.1) is 0 Å². The van der Waals surface area contributed by atoms with E-state index in [2.05, 4.69) is 21.2 Å². The monoisotopic (exact) mass is 339 g/mol. The summed E-state index contributed by atoms with van der Waals surface area (Å²) in [6.45, 7) is 2.00. The Morgan fingerprint density at radius 1 is 1.00 bits per heavy atom. The molecule has 0 aliphatic heterocycles. The fourth-order valence-corrected chi connectivity index (χ4v) is 3.00. The fourth-order valence-electron chi connectivity index (χ4n) is 2.33. The van der Waals surface area contributed by atoms with Gasteiger partial charge >= 0.3 is 0 Å². The van der Waals surface area contributed by atoms with E-state index in [1.165, 1.54) is 0 Å². The Labute approximate surface area is 131 Å². The Morgan fingerprint density at radius 3 is 2.57 bits per heavy atom. The maximum absolute atomic E-state index is 12.4. The van der Waals surface area contributed by atoms with Crippen molar-refractivity contribution in [2.24, 2.45) is 0 Å². The topological polar surface area (TPSA) is 29.1 Å². The van der Waals surface area contributed by atoms with Crippen LogP contribution in [0.5, 0.6) is 0 Å². The summed E-state index contributed by atoms with van der Waals surface area (Å²) in [5.74, 6) is -0.113. The first-order valence-electron chi connectivity index (χ1n) is 6.70. The minimum atomic E-state index is -0.113. The van der Waals surface area contributed by atoms with Crippen LogP contribution in [0.4, 0.5) is 5.69 Å². The standard InChI is InChI=1S/C18H14BrNO/c1-12-9-10-15(16(19)11-12)18(21)20-17-8-4-6-13-5-2-3-7-14(13)17/h2-11H,1H3,(H,20,21). The number of aryl methyl sites for hydroxylation is 1. The minimum absolute atomic E-state index is 0.113. The molecule has 104 valence electrons. The van der Waals surface area contributed by atoms with Crippen molar-refractivity contribution in [3.8, 4) is 0 Å². The van der Waals surface area contributed by atoms with Gasteiger partial charge < -0.3 is 5.32 Å². The first-order valence-corrected chi connectivity index (χ1v) is 7.50. The van der Waals surface area contributed by atoms with E-state index < -0.39 is 0 Å². The average Bonchev–Trinajstić information content (AvgIpc) is 2.47. The molecule has 2 nitrogen and oxygen atoms in total. The second-order valence-corrected chi connectivity index (χ2v) is 5.82. The minimum Gasteiger partial charge on any atom is -0.321 e. The third kappa shape index (κ3) is 2.83. The van der Waals surface area contributed by atoms with E-state index >= 15 is 0 Å². The van der Waals surface area contributed by atoms with Gasteiger partial charge in [0.05, 0.1) is 5.56 Å². The maximum atomic E-state index is 12.4. The molecule has 3 rings (SSSR count). The molecule has 0 heterocycles. The molecule has 3 aromatic rings. The molecule has 0 aliphatic carbocycles. The van der Waals surface area contributed by atoms with Crippen LogP contribution in [0.2, 0.25) is 0 Å². The molecule has 21 heavy (non-hydrogen) atoms. The summed E-state index contributed by atoms with van der Waals surface area (Å²) in [5, 5.41) is 5.14. The van der Waals surface area contributed by atoms with Crippen LogP contribution in [-0.4, -0.2) is 5.91 Å². The van der Waals surface area contributed by atoms with Gasteiger partial charge in [0.15, 0.2) is 0 Å². The van der Waals surface area contributed by atoms with Gasteiger partial charge in [-0.05, 0) is 52.0 Å². The summed E-state index contributed by atoms with van der Waals surface area (Å²) in [7, 11) is 0. The van der Waals surface area contributed by atoms with E-state index in [1.54, 1.807) is 0 Å². The van der Waals surface area contributed by atoms with Gasteiger partial charge in [-0.25, -0.2) is 0 Å². The largest absolute Gasteiger partial charge is 0.321 e. The van der Waals surface area contributed by atoms with E-state index in [-0.39, 0.29) is 5.91 Å². The van der Waals surface area contributed by atoms with Crippen LogP contribution < -0.4 is 5.32 Å². The SMILES string of the molecule is Cc1ccc(C(=O)Nc2cccc3ccccc23)c(Br)c1. The normalized spacial score (nSPS) is 10.6. The number of amides is 1. The van der Waals surface area contributed by atoms with Crippen molar-refractivity contribution < 1.29 is 4.79 Å². The Kier molecular flexibility index (Phi) is 3.76. The summed E-state index contributed by atoms with van der Waals surface area (Å²) in [5.41, 5.74) is 2.57. The summed E-state index contributed by atoms with van der Waals surface area (Å²) in [4.78, 5) is 12.4. The number of hydrogen-bond acceptors (Lipinski definition) is 1. The van der Waals surface area contributed by atoms with Gasteiger partial charge in [0.25, 0.3) is 5.91 Å². The molecular weight excluding hydrogens is 326 g/mol. The summed E-state index contributed by atoms with van der Waals surface area (Å²) < 4.78 is 0.806. The molecule has 0 atom stereocenters. The molecule has 3 aromatic carbocycles. The Bertz CT molecular complexity index is 821. The highest BCUT2D eigenvalue weighted by Crippen LogP contribution is 2.25. The van der Waals surface area contributed by atoms with E-state index in [0.717, 1.165) is 26.5 Å². The zero-order valence-electron chi connectivity index (χ0n) is 11.6. The Morgan fingerprint density at radius 2 is 1.76 bits per heavy atom.